The molecule has 1 fully saturated rings. The van der Waals surface area contributed by atoms with E-state index in [1.54, 1.807) is 0 Å². The third-order valence-electron chi connectivity index (χ3n) is 3.56. The average molecular weight is 276 g/mol. The van der Waals surface area contributed by atoms with Crippen LogP contribution in [-0.2, 0) is 4.74 Å². The van der Waals surface area contributed by atoms with Crippen molar-refractivity contribution in [3.63, 3.8) is 0 Å². The predicted octanol–water partition coefficient (Wildman–Crippen LogP) is 1.81. The Morgan fingerprint density at radius 1 is 1.25 bits per heavy atom. The van der Waals surface area contributed by atoms with Crippen LogP contribution in [0.2, 0.25) is 0 Å². The number of guanidine groups is 1. The second-order valence-electron chi connectivity index (χ2n) is 4.73. The third-order valence-corrected chi connectivity index (χ3v) is 3.56. The molecule has 0 aliphatic carbocycles. The first-order chi connectivity index (χ1) is 9.76. The molecule has 2 N–H and O–H groups in total. The first-order valence-corrected chi connectivity index (χ1v) is 7.27. The van der Waals surface area contributed by atoms with Crippen LogP contribution in [0.5, 0.6) is 0 Å². The molecule has 0 aromatic heterocycles. The van der Waals surface area contributed by atoms with Gasteiger partial charge in [-0.2, -0.15) is 0 Å². The van der Waals surface area contributed by atoms with Gasteiger partial charge in [0.1, 0.15) is 0 Å². The summed E-state index contributed by atoms with van der Waals surface area (Å²) in [5.74, 6) is 0.579. The van der Waals surface area contributed by atoms with Crippen molar-refractivity contribution in [3.8, 4) is 0 Å². The van der Waals surface area contributed by atoms with E-state index in [4.69, 9.17) is 10.5 Å². The van der Waals surface area contributed by atoms with Crippen LogP contribution >= 0.6 is 0 Å². The Balaban J connectivity index is 2.25. The number of hydrogen-bond acceptors (Lipinski definition) is 3. The van der Waals surface area contributed by atoms with E-state index >= 15 is 0 Å². The van der Waals surface area contributed by atoms with Crippen molar-refractivity contribution >= 4 is 17.3 Å². The number of aliphatic imine (C=N–C) groups is 1. The maximum atomic E-state index is 6.10. The van der Waals surface area contributed by atoms with Crippen LogP contribution in [0.15, 0.2) is 29.3 Å². The fourth-order valence-electron chi connectivity index (χ4n) is 2.37. The van der Waals surface area contributed by atoms with Crippen LogP contribution in [0, 0.1) is 0 Å². The second kappa shape index (κ2) is 7.14. The second-order valence-corrected chi connectivity index (χ2v) is 4.73. The molecular weight excluding hydrogens is 252 g/mol. The van der Waals surface area contributed by atoms with Gasteiger partial charge in [-0.1, -0.05) is 12.1 Å². The Kier molecular flexibility index (Phi) is 5.24. The van der Waals surface area contributed by atoms with Crippen molar-refractivity contribution in [1.82, 2.24) is 4.90 Å². The highest BCUT2D eigenvalue weighted by molar-refractivity contribution is 5.84. The zero-order valence-electron chi connectivity index (χ0n) is 12.4. The minimum absolute atomic E-state index is 0.579. The third kappa shape index (κ3) is 3.42. The standard InChI is InChI=1S/C15H24N4O/c1-3-18(4-2)15(16)17-13-7-5-6-8-14(13)19-9-11-20-12-10-19/h5-8H,3-4,9-12H2,1-2H3,(H2,16,17). The van der Waals surface area contributed by atoms with Gasteiger partial charge in [-0.25, -0.2) is 4.99 Å². The minimum Gasteiger partial charge on any atom is -0.378 e. The number of para-hydroxylation sites is 2. The van der Waals surface area contributed by atoms with Crippen LogP contribution in [0.25, 0.3) is 0 Å². The van der Waals surface area contributed by atoms with Crippen molar-refractivity contribution in [2.75, 3.05) is 44.3 Å². The highest BCUT2D eigenvalue weighted by Crippen LogP contribution is 2.29. The fourth-order valence-corrected chi connectivity index (χ4v) is 2.37. The molecule has 1 heterocycles. The summed E-state index contributed by atoms with van der Waals surface area (Å²) in [7, 11) is 0. The van der Waals surface area contributed by atoms with Crippen molar-refractivity contribution < 1.29 is 4.74 Å². The molecule has 0 saturated carbocycles. The van der Waals surface area contributed by atoms with E-state index in [2.05, 4.69) is 34.7 Å². The lowest BCUT2D eigenvalue weighted by Gasteiger charge is -2.30. The summed E-state index contributed by atoms with van der Waals surface area (Å²) < 4.78 is 5.40. The van der Waals surface area contributed by atoms with Crippen LogP contribution in [0.4, 0.5) is 11.4 Å². The number of rotatable bonds is 4. The van der Waals surface area contributed by atoms with Gasteiger partial charge in [0.15, 0.2) is 5.96 Å². The molecule has 5 nitrogen and oxygen atoms in total. The SMILES string of the molecule is CCN(CC)C(N)=Nc1ccccc1N1CCOCC1. The summed E-state index contributed by atoms with van der Waals surface area (Å²) >= 11 is 0. The van der Waals surface area contributed by atoms with E-state index in [0.717, 1.165) is 50.8 Å². The van der Waals surface area contributed by atoms with Gasteiger partial charge < -0.3 is 20.3 Å². The summed E-state index contributed by atoms with van der Waals surface area (Å²) in [4.78, 5) is 8.97. The van der Waals surface area contributed by atoms with Crippen molar-refractivity contribution in [3.05, 3.63) is 24.3 Å². The molecular formula is C15H24N4O. The van der Waals surface area contributed by atoms with Gasteiger partial charge >= 0.3 is 0 Å². The normalized spacial score (nSPS) is 16.3. The molecule has 1 aliphatic heterocycles. The van der Waals surface area contributed by atoms with Gasteiger partial charge in [-0.05, 0) is 26.0 Å². The molecule has 0 bridgehead atoms. The quantitative estimate of drug-likeness (QED) is 0.673. The van der Waals surface area contributed by atoms with Gasteiger partial charge in [0.05, 0.1) is 24.6 Å². The molecule has 5 heteroatoms. The molecule has 1 saturated heterocycles. The highest BCUT2D eigenvalue weighted by Gasteiger charge is 2.14. The molecule has 20 heavy (non-hydrogen) atoms. The van der Waals surface area contributed by atoms with E-state index < -0.39 is 0 Å². The lowest BCUT2D eigenvalue weighted by molar-refractivity contribution is 0.123. The number of morpholine rings is 1. The highest BCUT2D eigenvalue weighted by atomic mass is 16.5. The Hall–Kier alpha value is -1.75. The van der Waals surface area contributed by atoms with E-state index in [0.29, 0.717) is 5.96 Å². The molecule has 0 atom stereocenters. The zero-order chi connectivity index (χ0) is 14.4. The molecule has 0 amide bonds. The summed E-state index contributed by atoms with van der Waals surface area (Å²) in [6.07, 6.45) is 0. The Labute approximate surface area is 121 Å². The number of benzene rings is 1. The molecule has 1 aromatic carbocycles. The summed E-state index contributed by atoms with van der Waals surface area (Å²) in [5.41, 5.74) is 8.16. The first kappa shape index (κ1) is 14.7. The van der Waals surface area contributed by atoms with Gasteiger partial charge in [0.25, 0.3) is 0 Å². The largest absolute Gasteiger partial charge is 0.378 e. The Morgan fingerprint density at radius 3 is 2.55 bits per heavy atom. The maximum Gasteiger partial charge on any atom is 0.196 e. The zero-order valence-corrected chi connectivity index (χ0v) is 12.4. The predicted molar refractivity (Wildman–Crippen MR) is 83.7 cm³/mol. The fraction of sp³-hybridized carbons (Fsp3) is 0.533. The number of nitrogens with zero attached hydrogens (tertiary/aromatic N) is 3. The van der Waals surface area contributed by atoms with Crippen molar-refractivity contribution in [2.24, 2.45) is 10.7 Å². The van der Waals surface area contributed by atoms with E-state index in [9.17, 15) is 0 Å². The number of ether oxygens (including phenoxy) is 1. The van der Waals surface area contributed by atoms with Crippen LogP contribution < -0.4 is 10.6 Å². The Morgan fingerprint density at radius 2 is 1.90 bits per heavy atom. The van der Waals surface area contributed by atoms with Gasteiger partial charge in [-0.3, -0.25) is 0 Å². The molecule has 1 aliphatic rings. The van der Waals surface area contributed by atoms with Gasteiger partial charge in [-0.15, -0.1) is 0 Å². The lowest BCUT2D eigenvalue weighted by atomic mass is 10.2. The van der Waals surface area contributed by atoms with Gasteiger partial charge in [0, 0.05) is 26.2 Å². The van der Waals surface area contributed by atoms with Gasteiger partial charge in [0.2, 0.25) is 0 Å². The van der Waals surface area contributed by atoms with Crippen molar-refractivity contribution in [2.45, 2.75) is 13.8 Å². The lowest BCUT2D eigenvalue weighted by Crippen LogP contribution is -2.37. The van der Waals surface area contributed by atoms with Crippen molar-refractivity contribution in [1.29, 1.82) is 0 Å². The van der Waals surface area contributed by atoms with Crippen LogP contribution in [0.3, 0.4) is 0 Å². The summed E-state index contributed by atoms with van der Waals surface area (Å²) in [5, 5.41) is 0. The topological polar surface area (TPSA) is 54.1 Å². The van der Waals surface area contributed by atoms with E-state index in [-0.39, 0.29) is 0 Å². The minimum atomic E-state index is 0.579. The monoisotopic (exact) mass is 276 g/mol. The molecule has 0 unspecified atom stereocenters. The maximum absolute atomic E-state index is 6.10. The molecule has 2 rings (SSSR count). The molecule has 1 aromatic rings. The van der Waals surface area contributed by atoms with E-state index in [1.807, 2.05) is 18.2 Å². The first-order valence-electron chi connectivity index (χ1n) is 7.27. The summed E-state index contributed by atoms with van der Waals surface area (Å²) in [6, 6.07) is 8.15. The number of anilines is 1. The van der Waals surface area contributed by atoms with Crippen LogP contribution in [-0.4, -0.2) is 50.3 Å². The number of nitrogens with two attached hydrogens (primary N) is 1. The smallest absolute Gasteiger partial charge is 0.196 e. The van der Waals surface area contributed by atoms with E-state index in [1.165, 1.54) is 0 Å². The molecule has 110 valence electrons. The number of hydrogen-bond donors (Lipinski definition) is 1. The average Bonchev–Trinajstić information content (AvgIpc) is 2.50. The van der Waals surface area contributed by atoms with Crippen LogP contribution in [0.1, 0.15) is 13.8 Å². The molecule has 0 spiro atoms. The molecule has 0 radical (unpaired) electrons. The Bertz CT molecular complexity index is 451. The summed E-state index contributed by atoms with van der Waals surface area (Å²) in [6.45, 7) is 9.24.